The van der Waals surface area contributed by atoms with Crippen molar-refractivity contribution in [3.05, 3.63) is 53.2 Å². The summed E-state index contributed by atoms with van der Waals surface area (Å²) < 4.78 is 40.1. The van der Waals surface area contributed by atoms with Gasteiger partial charge in [0.1, 0.15) is 17.5 Å². The summed E-state index contributed by atoms with van der Waals surface area (Å²) in [5.41, 5.74) is 1.20. The largest absolute Gasteiger partial charge is 0.357 e. The molecule has 0 radical (unpaired) electrons. The van der Waals surface area contributed by atoms with Crippen LogP contribution in [-0.2, 0) is 22.3 Å². The molecule has 1 aromatic heterocycles. The van der Waals surface area contributed by atoms with E-state index < -0.39 is 15.8 Å². The first-order valence-electron chi connectivity index (χ1n) is 8.22. The van der Waals surface area contributed by atoms with Crippen LogP contribution in [0.5, 0.6) is 0 Å². The van der Waals surface area contributed by atoms with Crippen molar-refractivity contribution in [3.8, 4) is 0 Å². The molecule has 8 heteroatoms. The molecule has 1 aliphatic rings. The zero-order valence-corrected chi connectivity index (χ0v) is 14.9. The maximum Gasteiger partial charge on any atom is 0.216 e. The molecule has 1 fully saturated rings. The van der Waals surface area contributed by atoms with Crippen molar-refractivity contribution in [3.63, 3.8) is 0 Å². The van der Waals surface area contributed by atoms with Gasteiger partial charge >= 0.3 is 0 Å². The molecule has 0 saturated carbocycles. The van der Waals surface area contributed by atoms with Gasteiger partial charge in [0, 0.05) is 24.8 Å². The first kappa shape index (κ1) is 17.8. The molecule has 3 rings (SSSR count). The second-order valence-electron chi connectivity index (χ2n) is 6.19. The molecule has 1 aliphatic heterocycles. The van der Waals surface area contributed by atoms with Gasteiger partial charge in [-0.15, -0.1) is 0 Å². The molecule has 25 heavy (non-hydrogen) atoms. The van der Waals surface area contributed by atoms with Gasteiger partial charge in [-0.25, -0.2) is 27.5 Å². The zero-order valence-electron chi connectivity index (χ0n) is 14.1. The summed E-state index contributed by atoms with van der Waals surface area (Å²) in [7, 11) is -3.60. The number of aryl methyl sites for hydroxylation is 1. The van der Waals surface area contributed by atoms with Crippen LogP contribution in [0, 0.1) is 12.7 Å². The Kier molecular flexibility index (Phi) is 5.29. The predicted octanol–water partition coefficient (Wildman–Crippen LogP) is 2.14. The molecule has 1 aromatic carbocycles. The van der Waals surface area contributed by atoms with Crippen molar-refractivity contribution in [2.75, 3.05) is 18.0 Å². The Bertz CT molecular complexity index is 851. The van der Waals surface area contributed by atoms with Gasteiger partial charge in [-0.2, -0.15) is 0 Å². The molecular formula is C17H21FN4O2S. The number of sulfonamides is 1. The highest BCUT2D eigenvalue weighted by molar-refractivity contribution is 7.88. The number of nitrogens with zero attached hydrogens (tertiary/aromatic N) is 3. The number of benzene rings is 1. The number of aromatic nitrogens is 2. The monoisotopic (exact) mass is 364 g/mol. The molecule has 0 amide bonds. The van der Waals surface area contributed by atoms with Crippen LogP contribution in [0.3, 0.4) is 0 Å². The molecule has 1 N–H and O–H groups in total. The number of hydrogen-bond acceptors (Lipinski definition) is 5. The maximum absolute atomic E-state index is 13.2. The molecule has 1 saturated heterocycles. The van der Waals surface area contributed by atoms with Crippen LogP contribution in [0.1, 0.15) is 29.9 Å². The maximum atomic E-state index is 13.2. The van der Waals surface area contributed by atoms with E-state index in [1.165, 1.54) is 18.2 Å². The minimum absolute atomic E-state index is 0.0141. The van der Waals surface area contributed by atoms with Crippen LogP contribution in [0.25, 0.3) is 0 Å². The molecule has 0 aliphatic carbocycles. The molecule has 134 valence electrons. The first-order chi connectivity index (χ1) is 11.9. The van der Waals surface area contributed by atoms with E-state index in [0.29, 0.717) is 11.4 Å². The van der Waals surface area contributed by atoms with Gasteiger partial charge in [0.2, 0.25) is 10.0 Å². The van der Waals surface area contributed by atoms with E-state index in [9.17, 15) is 12.8 Å². The third-order valence-electron chi connectivity index (χ3n) is 4.01. The lowest BCUT2D eigenvalue weighted by molar-refractivity contribution is 0.577. The highest BCUT2D eigenvalue weighted by Gasteiger charge is 2.17. The third-order valence-corrected chi connectivity index (χ3v) is 5.31. The lowest BCUT2D eigenvalue weighted by Crippen LogP contribution is -2.27. The number of anilines is 1. The predicted molar refractivity (Wildman–Crippen MR) is 94.1 cm³/mol. The molecule has 6 nitrogen and oxygen atoms in total. The second-order valence-corrected chi connectivity index (χ2v) is 7.99. The van der Waals surface area contributed by atoms with Crippen molar-refractivity contribution in [1.82, 2.24) is 14.7 Å². The molecule has 0 unspecified atom stereocenters. The van der Waals surface area contributed by atoms with Crippen LogP contribution >= 0.6 is 0 Å². The van der Waals surface area contributed by atoms with Crippen molar-refractivity contribution < 1.29 is 12.8 Å². The average Bonchev–Trinajstić information content (AvgIpc) is 3.07. The molecule has 2 heterocycles. The minimum atomic E-state index is -3.60. The van der Waals surface area contributed by atoms with Crippen LogP contribution in [0.2, 0.25) is 0 Å². The quantitative estimate of drug-likeness (QED) is 0.850. The van der Waals surface area contributed by atoms with Crippen LogP contribution in [0.4, 0.5) is 10.2 Å². The number of halogens is 1. The number of hydrogen-bond donors (Lipinski definition) is 1. The topological polar surface area (TPSA) is 75.2 Å². The van der Waals surface area contributed by atoms with E-state index in [2.05, 4.69) is 19.6 Å². The van der Waals surface area contributed by atoms with E-state index >= 15 is 0 Å². The molecule has 0 bridgehead atoms. The molecule has 0 spiro atoms. The summed E-state index contributed by atoms with van der Waals surface area (Å²) in [5, 5.41) is 0. The summed E-state index contributed by atoms with van der Waals surface area (Å²) in [5.74, 6) is 0.536. The first-order valence-corrected chi connectivity index (χ1v) is 9.88. The van der Waals surface area contributed by atoms with E-state index in [4.69, 9.17) is 0 Å². The fourth-order valence-corrected chi connectivity index (χ4v) is 3.94. The average molecular weight is 364 g/mol. The minimum Gasteiger partial charge on any atom is -0.357 e. The van der Waals surface area contributed by atoms with Gasteiger partial charge in [-0.1, -0.05) is 12.1 Å². The van der Waals surface area contributed by atoms with E-state index in [1.54, 1.807) is 6.07 Å². The van der Waals surface area contributed by atoms with Gasteiger partial charge < -0.3 is 4.90 Å². The Balaban J connectivity index is 1.67. The van der Waals surface area contributed by atoms with Crippen LogP contribution < -0.4 is 9.62 Å². The summed E-state index contributed by atoms with van der Waals surface area (Å²) in [6, 6.07) is 7.48. The smallest absolute Gasteiger partial charge is 0.216 e. The Morgan fingerprint density at radius 1 is 1.20 bits per heavy atom. The number of nitrogens with one attached hydrogen (secondary N) is 1. The highest BCUT2D eigenvalue weighted by atomic mass is 32.2. The van der Waals surface area contributed by atoms with Gasteiger partial charge in [0.25, 0.3) is 0 Å². The van der Waals surface area contributed by atoms with Gasteiger partial charge in [0.15, 0.2) is 0 Å². The molecule has 0 atom stereocenters. The van der Waals surface area contributed by atoms with E-state index in [1.807, 2.05) is 13.0 Å². The van der Waals surface area contributed by atoms with E-state index in [0.717, 1.165) is 37.4 Å². The summed E-state index contributed by atoms with van der Waals surface area (Å²) >= 11 is 0. The Hall–Kier alpha value is -2.06. The second kappa shape index (κ2) is 7.45. The summed E-state index contributed by atoms with van der Waals surface area (Å²) in [4.78, 5) is 11.0. The fraction of sp³-hybridized carbons (Fsp3) is 0.412. The Labute approximate surface area is 147 Å². The molecule has 2 aromatic rings. The van der Waals surface area contributed by atoms with Crippen molar-refractivity contribution in [2.45, 2.75) is 32.1 Å². The zero-order chi connectivity index (χ0) is 17.9. The summed E-state index contributed by atoms with van der Waals surface area (Å²) in [6.45, 7) is 3.80. The van der Waals surface area contributed by atoms with E-state index in [-0.39, 0.29) is 12.3 Å². The Morgan fingerprint density at radius 3 is 2.68 bits per heavy atom. The molecular weight excluding hydrogens is 343 g/mol. The third kappa shape index (κ3) is 4.96. The van der Waals surface area contributed by atoms with Gasteiger partial charge in [-0.3, -0.25) is 0 Å². The highest BCUT2D eigenvalue weighted by Crippen LogP contribution is 2.18. The normalized spacial score (nSPS) is 14.9. The van der Waals surface area contributed by atoms with Crippen molar-refractivity contribution >= 4 is 15.8 Å². The SMILES string of the molecule is Cc1cc(N2CCCC2)nc(CNS(=O)(=O)Cc2cccc(F)c2)n1. The Morgan fingerprint density at radius 2 is 1.96 bits per heavy atom. The lowest BCUT2D eigenvalue weighted by atomic mass is 10.2. The lowest BCUT2D eigenvalue weighted by Gasteiger charge is -2.17. The van der Waals surface area contributed by atoms with Crippen LogP contribution in [-0.4, -0.2) is 31.5 Å². The standard InChI is InChI=1S/C17H21FN4O2S/c1-13-9-17(22-7-2-3-8-22)21-16(20-13)11-19-25(23,24)12-14-5-4-6-15(18)10-14/h4-6,9-10,19H,2-3,7-8,11-12H2,1H3. The van der Waals surface area contributed by atoms with Crippen molar-refractivity contribution in [1.29, 1.82) is 0 Å². The van der Waals surface area contributed by atoms with Crippen LogP contribution in [0.15, 0.2) is 30.3 Å². The fourth-order valence-electron chi connectivity index (χ4n) is 2.87. The number of rotatable bonds is 6. The van der Waals surface area contributed by atoms with Gasteiger partial charge in [0.05, 0.1) is 12.3 Å². The van der Waals surface area contributed by atoms with Gasteiger partial charge in [-0.05, 0) is 37.5 Å². The summed E-state index contributed by atoms with van der Waals surface area (Å²) in [6.07, 6.45) is 2.28. The van der Waals surface area contributed by atoms with Crippen molar-refractivity contribution in [2.24, 2.45) is 0 Å².